The van der Waals surface area contributed by atoms with Gasteiger partial charge in [0.1, 0.15) is 0 Å². The molecule has 3 unspecified atom stereocenters. The van der Waals surface area contributed by atoms with Crippen LogP contribution in [0, 0.1) is 11.3 Å². The van der Waals surface area contributed by atoms with Crippen molar-refractivity contribution in [1.29, 1.82) is 0 Å². The Hall–Kier alpha value is -0.570. The number of hydrogen-bond acceptors (Lipinski definition) is 3. The van der Waals surface area contributed by atoms with Crippen molar-refractivity contribution in [3.05, 3.63) is 0 Å². The highest BCUT2D eigenvalue weighted by molar-refractivity contribution is 14.0. The molecule has 2 heterocycles. The van der Waals surface area contributed by atoms with E-state index in [2.05, 4.69) is 15.6 Å². The Morgan fingerprint density at radius 2 is 1.85 bits per heavy atom. The Bertz CT molecular complexity index is 542. The molecule has 0 aromatic heterocycles. The van der Waals surface area contributed by atoms with E-state index >= 15 is 0 Å². The Kier molecular flexibility index (Phi) is 6.37. The van der Waals surface area contributed by atoms with Gasteiger partial charge in [0.15, 0.2) is 5.96 Å². The number of carbonyl (C=O) groups is 1. The normalized spacial score (nSPS) is 33.4. The van der Waals surface area contributed by atoms with Gasteiger partial charge in [-0.1, -0.05) is 12.8 Å². The lowest BCUT2D eigenvalue weighted by Crippen LogP contribution is -2.69. The summed E-state index contributed by atoms with van der Waals surface area (Å²) in [6, 6.07) is 0.906. The quantitative estimate of drug-likeness (QED) is 0.364. The van der Waals surface area contributed by atoms with E-state index in [4.69, 9.17) is 4.74 Å². The summed E-state index contributed by atoms with van der Waals surface area (Å²) in [6.07, 6.45) is 8.89. The third-order valence-electron chi connectivity index (χ3n) is 7.08. The minimum Gasteiger partial charge on any atom is -0.377 e. The minimum atomic E-state index is 0. The zero-order valence-corrected chi connectivity index (χ0v) is 18.3. The summed E-state index contributed by atoms with van der Waals surface area (Å²) >= 11 is 0. The molecule has 2 aliphatic carbocycles. The maximum absolute atomic E-state index is 11.5. The molecule has 6 nitrogen and oxygen atoms in total. The second-order valence-electron chi connectivity index (χ2n) is 8.30. The molecule has 0 aromatic rings. The molecule has 0 aromatic carbocycles. The van der Waals surface area contributed by atoms with Gasteiger partial charge < -0.3 is 20.3 Å². The second kappa shape index (κ2) is 8.20. The fourth-order valence-electron chi connectivity index (χ4n) is 5.75. The summed E-state index contributed by atoms with van der Waals surface area (Å²) in [4.78, 5) is 17.9. The number of aliphatic imine (C=N–C) groups is 1. The average Bonchev–Trinajstić information content (AvgIpc) is 3.27. The highest BCUT2D eigenvalue weighted by atomic mass is 127. The van der Waals surface area contributed by atoms with Gasteiger partial charge in [-0.2, -0.15) is 0 Å². The van der Waals surface area contributed by atoms with Crippen molar-refractivity contribution in [3.63, 3.8) is 0 Å². The fourth-order valence-corrected chi connectivity index (χ4v) is 5.75. The summed E-state index contributed by atoms with van der Waals surface area (Å²) in [5.41, 5.74) is 0.344. The SMILES string of the molecule is CN=C(NC1CCN(C(C)=O)CC1)NC1C2CCOC2C12CCCC2.I. The lowest BCUT2D eigenvalue weighted by atomic mass is 9.54. The number of rotatable bonds is 2. The van der Waals surface area contributed by atoms with Gasteiger partial charge in [0, 0.05) is 57.1 Å². The smallest absolute Gasteiger partial charge is 0.219 e. The van der Waals surface area contributed by atoms with Crippen LogP contribution in [0.4, 0.5) is 0 Å². The van der Waals surface area contributed by atoms with E-state index in [1.807, 2.05) is 11.9 Å². The molecule has 0 bridgehead atoms. The number of piperidine rings is 1. The lowest BCUT2D eigenvalue weighted by molar-refractivity contribution is -0.129. The van der Waals surface area contributed by atoms with Crippen molar-refractivity contribution in [2.75, 3.05) is 26.7 Å². The van der Waals surface area contributed by atoms with Crippen LogP contribution in [-0.4, -0.2) is 61.7 Å². The topological polar surface area (TPSA) is 66.0 Å². The van der Waals surface area contributed by atoms with Crippen LogP contribution < -0.4 is 10.6 Å². The highest BCUT2D eigenvalue weighted by Crippen LogP contribution is 2.60. The Balaban J connectivity index is 0.00000196. The van der Waals surface area contributed by atoms with Crippen LogP contribution in [0.1, 0.15) is 51.9 Å². The molecule has 4 rings (SSSR count). The molecular weight excluding hydrogens is 443 g/mol. The van der Waals surface area contributed by atoms with Gasteiger partial charge in [0.25, 0.3) is 0 Å². The van der Waals surface area contributed by atoms with Crippen LogP contribution >= 0.6 is 24.0 Å². The number of nitrogens with one attached hydrogen (secondary N) is 2. The standard InChI is InChI=1S/C19H32N4O2.HI/c1-13(24)23-10-5-14(6-11-23)21-18(20-2)22-16-15-7-12-25-17(15)19(16)8-3-4-9-19;/h14-17H,3-12H2,1-2H3,(H2,20,21,22);1H. The summed E-state index contributed by atoms with van der Waals surface area (Å²) in [5.74, 6) is 1.77. The molecule has 2 aliphatic heterocycles. The predicted octanol–water partition coefficient (Wildman–Crippen LogP) is 2.13. The number of likely N-dealkylation sites (tertiary alicyclic amines) is 1. The van der Waals surface area contributed by atoms with Gasteiger partial charge in [-0.15, -0.1) is 24.0 Å². The maximum atomic E-state index is 11.5. The molecule has 2 saturated carbocycles. The number of nitrogens with zero attached hydrogens (tertiary/aromatic N) is 2. The van der Waals surface area contributed by atoms with Crippen molar-refractivity contribution in [3.8, 4) is 0 Å². The first-order chi connectivity index (χ1) is 12.1. The van der Waals surface area contributed by atoms with Gasteiger partial charge in [0.05, 0.1) is 6.10 Å². The fraction of sp³-hybridized carbons (Fsp3) is 0.895. The number of hydrogen-bond donors (Lipinski definition) is 2. The molecule has 0 radical (unpaired) electrons. The molecule has 2 saturated heterocycles. The number of halogens is 1. The molecule has 4 fully saturated rings. The summed E-state index contributed by atoms with van der Waals surface area (Å²) < 4.78 is 6.08. The van der Waals surface area contributed by atoms with Crippen LogP contribution in [-0.2, 0) is 9.53 Å². The van der Waals surface area contributed by atoms with Crippen LogP contribution in [0.15, 0.2) is 4.99 Å². The molecule has 26 heavy (non-hydrogen) atoms. The Morgan fingerprint density at radius 3 is 2.46 bits per heavy atom. The second-order valence-corrected chi connectivity index (χ2v) is 8.30. The number of ether oxygens (including phenoxy) is 1. The Morgan fingerprint density at radius 1 is 1.15 bits per heavy atom. The molecular formula is C19H33IN4O2. The summed E-state index contributed by atoms with van der Waals surface area (Å²) in [7, 11) is 1.86. The van der Waals surface area contributed by atoms with Gasteiger partial charge in [-0.25, -0.2) is 0 Å². The van der Waals surface area contributed by atoms with E-state index in [9.17, 15) is 4.79 Å². The van der Waals surface area contributed by atoms with Crippen molar-refractivity contribution in [2.24, 2.45) is 16.3 Å². The molecule has 7 heteroatoms. The van der Waals surface area contributed by atoms with E-state index in [-0.39, 0.29) is 29.9 Å². The monoisotopic (exact) mass is 476 g/mol. The Labute approximate surface area is 173 Å². The zero-order valence-electron chi connectivity index (χ0n) is 16.0. The third-order valence-corrected chi connectivity index (χ3v) is 7.08. The van der Waals surface area contributed by atoms with Crippen LogP contribution in [0.5, 0.6) is 0 Å². The number of guanidine groups is 1. The number of amides is 1. The molecule has 148 valence electrons. The average molecular weight is 476 g/mol. The highest BCUT2D eigenvalue weighted by Gasteiger charge is 2.65. The van der Waals surface area contributed by atoms with E-state index in [0.29, 0.717) is 29.5 Å². The predicted molar refractivity (Wildman–Crippen MR) is 113 cm³/mol. The first-order valence-corrected chi connectivity index (χ1v) is 10.0. The van der Waals surface area contributed by atoms with E-state index in [1.54, 1.807) is 6.92 Å². The van der Waals surface area contributed by atoms with E-state index in [0.717, 1.165) is 38.5 Å². The van der Waals surface area contributed by atoms with E-state index in [1.165, 1.54) is 32.1 Å². The number of fused-ring (bicyclic) bond motifs is 2. The first kappa shape index (κ1) is 20.2. The number of carbonyl (C=O) groups excluding carboxylic acids is 1. The van der Waals surface area contributed by atoms with Crippen molar-refractivity contribution in [2.45, 2.75) is 70.1 Å². The zero-order chi connectivity index (χ0) is 17.4. The molecule has 1 spiro atoms. The third kappa shape index (κ3) is 3.45. The van der Waals surface area contributed by atoms with Crippen LogP contribution in [0.3, 0.4) is 0 Å². The van der Waals surface area contributed by atoms with Gasteiger partial charge in [-0.05, 0) is 32.1 Å². The van der Waals surface area contributed by atoms with Gasteiger partial charge in [-0.3, -0.25) is 9.79 Å². The van der Waals surface area contributed by atoms with Crippen molar-refractivity contribution in [1.82, 2.24) is 15.5 Å². The molecule has 2 N–H and O–H groups in total. The van der Waals surface area contributed by atoms with Gasteiger partial charge in [0.2, 0.25) is 5.91 Å². The largest absolute Gasteiger partial charge is 0.377 e. The summed E-state index contributed by atoms with van der Waals surface area (Å²) in [6.45, 7) is 4.27. The van der Waals surface area contributed by atoms with Crippen molar-refractivity contribution < 1.29 is 9.53 Å². The van der Waals surface area contributed by atoms with Crippen LogP contribution in [0.25, 0.3) is 0 Å². The lowest BCUT2D eigenvalue weighted by Gasteiger charge is -2.57. The summed E-state index contributed by atoms with van der Waals surface area (Å²) in [5, 5.41) is 7.38. The first-order valence-electron chi connectivity index (χ1n) is 10.0. The molecule has 3 atom stereocenters. The van der Waals surface area contributed by atoms with Crippen molar-refractivity contribution >= 4 is 35.8 Å². The van der Waals surface area contributed by atoms with Gasteiger partial charge >= 0.3 is 0 Å². The van der Waals surface area contributed by atoms with Crippen LogP contribution in [0.2, 0.25) is 0 Å². The molecule has 4 aliphatic rings. The molecule has 1 amide bonds. The van der Waals surface area contributed by atoms with E-state index < -0.39 is 0 Å². The maximum Gasteiger partial charge on any atom is 0.219 e. The minimum absolute atomic E-state index is 0.